The molecular weight excluding hydrogens is 218 g/mol. The highest BCUT2D eigenvalue weighted by atomic mass is 16.5. The van der Waals surface area contributed by atoms with E-state index in [1.807, 2.05) is 12.1 Å². The van der Waals surface area contributed by atoms with Gasteiger partial charge < -0.3 is 14.8 Å². The number of carbonyl (C=O) groups excluding carboxylic acids is 1. The highest BCUT2D eigenvalue weighted by molar-refractivity contribution is 5.89. The molecule has 1 saturated heterocycles. The van der Waals surface area contributed by atoms with Crippen molar-refractivity contribution in [2.45, 2.75) is 19.4 Å². The molecule has 17 heavy (non-hydrogen) atoms. The predicted octanol–water partition coefficient (Wildman–Crippen LogP) is 1.60. The molecule has 1 N–H and O–H groups in total. The zero-order valence-electron chi connectivity index (χ0n) is 9.94. The van der Waals surface area contributed by atoms with Crippen molar-refractivity contribution in [2.24, 2.45) is 0 Å². The first kappa shape index (κ1) is 11.9. The lowest BCUT2D eigenvalue weighted by molar-refractivity contribution is 0.0526. The second kappa shape index (κ2) is 5.68. The van der Waals surface area contributed by atoms with Crippen LogP contribution in [0.3, 0.4) is 0 Å². The molecule has 92 valence electrons. The number of carbonyl (C=O) groups is 1. The lowest BCUT2D eigenvalue weighted by Gasteiger charge is -2.12. The zero-order valence-corrected chi connectivity index (χ0v) is 9.94. The van der Waals surface area contributed by atoms with Crippen LogP contribution >= 0.6 is 0 Å². The summed E-state index contributed by atoms with van der Waals surface area (Å²) in [5, 5.41) is 3.24. The molecule has 1 aromatic carbocycles. The summed E-state index contributed by atoms with van der Waals surface area (Å²) < 4.78 is 10.7. The van der Waals surface area contributed by atoms with Crippen molar-refractivity contribution in [1.29, 1.82) is 0 Å². The van der Waals surface area contributed by atoms with Crippen molar-refractivity contribution < 1.29 is 14.3 Å². The third-order valence-electron chi connectivity index (χ3n) is 2.68. The van der Waals surface area contributed by atoms with Crippen molar-refractivity contribution in [3.8, 4) is 5.75 Å². The molecule has 0 radical (unpaired) electrons. The highest BCUT2D eigenvalue weighted by Crippen LogP contribution is 2.16. The number of benzene rings is 1. The Labute approximate surface area is 101 Å². The first-order chi connectivity index (χ1) is 8.29. The van der Waals surface area contributed by atoms with E-state index in [-0.39, 0.29) is 12.1 Å². The molecule has 0 saturated carbocycles. The maximum atomic E-state index is 11.4. The van der Waals surface area contributed by atoms with Crippen molar-refractivity contribution >= 4 is 5.97 Å². The standard InChI is InChI=1S/C13H17NO3/c1-2-16-13(15)10-3-5-11(6-4-10)17-12-7-8-14-9-12/h3-6,12,14H,2,7-9H2,1H3. The summed E-state index contributed by atoms with van der Waals surface area (Å²) in [6.07, 6.45) is 1.27. The molecule has 1 fully saturated rings. The maximum absolute atomic E-state index is 11.4. The van der Waals surface area contributed by atoms with E-state index < -0.39 is 0 Å². The second-order valence-corrected chi connectivity index (χ2v) is 3.98. The molecule has 0 bridgehead atoms. The predicted molar refractivity (Wildman–Crippen MR) is 64.3 cm³/mol. The highest BCUT2D eigenvalue weighted by Gasteiger charge is 2.16. The Balaban J connectivity index is 1.94. The molecule has 2 rings (SSSR count). The van der Waals surface area contributed by atoms with E-state index >= 15 is 0 Å². The fourth-order valence-corrected chi connectivity index (χ4v) is 1.81. The first-order valence-corrected chi connectivity index (χ1v) is 5.94. The minimum Gasteiger partial charge on any atom is -0.489 e. The van der Waals surface area contributed by atoms with Gasteiger partial charge in [-0.25, -0.2) is 4.79 Å². The summed E-state index contributed by atoms with van der Waals surface area (Å²) in [7, 11) is 0. The molecule has 1 aliphatic heterocycles. The molecule has 1 atom stereocenters. The van der Waals surface area contributed by atoms with Crippen LogP contribution in [0.1, 0.15) is 23.7 Å². The number of nitrogens with one attached hydrogen (secondary N) is 1. The molecule has 0 spiro atoms. The Kier molecular flexibility index (Phi) is 3.98. The Bertz CT molecular complexity index is 369. The monoisotopic (exact) mass is 235 g/mol. The molecule has 4 nitrogen and oxygen atoms in total. The van der Waals surface area contributed by atoms with Gasteiger partial charge in [0.15, 0.2) is 0 Å². The van der Waals surface area contributed by atoms with Crippen LogP contribution in [0.5, 0.6) is 5.75 Å². The lowest BCUT2D eigenvalue weighted by atomic mass is 10.2. The van der Waals surface area contributed by atoms with E-state index in [9.17, 15) is 4.79 Å². The number of ether oxygens (including phenoxy) is 2. The normalized spacial score (nSPS) is 19.0. The van der Waals surface area contributed by atoms with Gasteiger partial charge in [0, 0.05) is 6.54 Å². The van der Waals surface area contributed by atoms with Gasteiger partial charge >= 0.3 is 5.97 Å². The van der Waals surface area contributed by atoms with Crippen LogP contribution in [0.15, 0.2) is 24.3 Å². The molecule has 1 aliphatic rings. The van der Waals surface area contributed by atoms with Crippen molar-refractivity contribution in [2.75, 3.05) is 19.7 Å². The molecule has 0 amide bonds. The number of esters is 1. The van der Waals surface area contributed by atoms with E-state index in [4.69, 9.17) is 9.47 Å². The molecule has 1 aromatic rings. The minimum atomic E-state index is -0.290. The minimum absolute atomic E-state index is 0.239. The van der Waals surface area contributed by atoms with E-state index in [0.29, 0.717) is 12.2 Å². The van der Waals surface area contributed by atoms with Crippen LogP contribution < -0.4 is 10.1 Å². The molecular formula is C13H17NO3. The zero-order chi connectivity index (χ0) is 12.1. The van der Waals surface area contributed by atoms with Gasteiger partial charge in [0.2, 0.25) is 0 Å². The topological polar surface area (TPSA) is 47.6 Å². The summed E-state index contributed by atoms with van der Waals surface area (Å²) in [5.41, 5.74) is 0.559. The van der Waals surface area contributed by atoms with Crippen LogP contribution in [0.2, 0.25) is 0 Å². The number of hydrogen-bond donors (Lipinski definition) is 1. The van der Waals surface area contributed by atoms with Gasteiger partial charge in [-0.2, -0.15) is 0 Å². The van der Waals surface area contributed by atoms with Gasteiger partial charge in [0.1, 0.15) is 11.9 Å². The lowest BCUT2D eigenvalue weighted by Crippen LogP contribution is -2.19. The summed E-state index contributed by atoms with van der Waals surface area (Å²) in [6.45, 7) is 4.08. The summed E-state index contributed by atoms with van der Waals surface area (Å²) in [4.78, 5) is 11.4. The average Bonchev–Trinajstić information content (AvgIpc) is 2.83. The maximum Gasteiger partial charge on any atom is 0.338 e. The van der Waals surface area contributed by atoms with Gasteiger partial charge in [-0.3, -0.25) is 0 Å². The largest absolute Gasteiger partial charge is 0.489 e. The SMILES string of the molecule is CCOC(=O)c1ccc(OC2CCNC2)cc1. The van der Waals surface area contributed by atoms with E-state index in [1.54, 1.807) is 19.1 Å². The summed E-state index contributed by atoms with van der Waals surface area (Å²) in [5.74, 6) is 0.508. The van der Waals surface area contributed by atoms with Gasteiger partial charge in [-0.05, 0) is 44.2 Å². The number of hydrogen-bond acceptors (Lipinski definition) is 4. The van der Waals surface area contributed by atoms with Crippen LogP contribution in [0, 0.1) is 0 Å². The molecule has 1 heterocycles. The molecule has 0 aliphatic carbocycles. The molecule has 4 heteroatoms. The van der Waals surface area contributed by atoms with Gasteiger partial charge in [-0.15, -0.1) is 0 Å². The Hall–Kier alpha value is -1.55. The quantitative estimate of drug-likeness (QED) is 0.805. The average molecular weight is 235 g/mol. The fraction of sp³-hybridized carbons (Fsp3) is 0.462. The number of rotatable bonds is 4. The summed E-state index contributed by atoms with van der Waals surface area (Å²) in [6, 6.07) is 7.08. The van der Waals surface area contributed by atoms with E-state index in [1.165, 1.54) is 0 Å². The third kappa shape index (κ3) is 3.20. The van der Waals surface area contributed by atoms with Crippen LogP contribution in [-0.2, 0) is 4.74 Å². The Morgan fingerprint density at radius 3 is 2.76 bits per heavy atom. The van der Waals surface area contributed by atoms with Crippen LogP contribution in [0.4, 0.5) is 0 Å². The second-order valence-electron chi connectivity index (χ2n) is 3.98. The molecule has 1 unspecified atom stereocenters. The van der Waals surface area contributed by atoms with Gasteiger partial charge in [-0.1, -0.05) is 0 Å². The van der Waals surface area contributed by atoms with Crippen LogP contribution in [0.25, 0.3) is 0 Å². The Morgan fingerprint density at radius 1 is 1.41 bits per heavy atom. The fourth-order valence-electron chi connectivity index (χ4n) is 1.81. The third-order valence-corrected chi connectivity index (χ3v) is 2.68. The van der Waals surface area contributed by atoms with Crippen molar-refractivity contribution in [3.63, 3.8) is 0 Å². The first-order valence-electron chi connectivity index (χ1n) is 5.94. The van der Waals surface area contributed by atoms with Crippen LogP contribution in [-0.4, -0.2) is 31.8 Å². The van der Waals surface area contributed by atoms with Crippen molar-refractivity contribution in [3.05, 3.63) is 29.8 Å². The van der Waals surface area contributed by atoms with Crippen molar-refractivity contribution in [1.82, 2.24) is 5.32 Å². The smallest absolute Gasteiger partial charge is 0.338 e. The Morgan fingerprint density at radius 2 is 2.18 bits per heavy atom. The van der Waals surface area contributed by atoms with E-state index in [2.05, 4.69) is 5.32 Å². The van der Waals surface area contributed by atoms with Gasteiger partial charge in [0.05, 0.1) is 12.2 Å². The van der Waals surface area contributed by atoms with Gasteiger partial charge in [0.25, 0.3) is 0 Å². The summed E-state index contributed by atoms with van der Waals surface area (Å²) >= 11 is 0. The molecule has 0 aromatic heterocycles. The van der Waals surface area contributed by atoms with E-state index in [0.717, 1.165) is 25.3 Å².